The van der Waals surface area contributed by atoms with Gasteiger partial charge in [0, 0.05) is 24.6 Å². The van der Waals surface area contributed by atoms with Crippen LogP contribution in [0.1, 0.15) is 71.6 Å². The molecule has 2 saturated carbocycles. The van der Waals surface area contributed by atoms with Gasteiger partial charge in [-0.3, -0.25) is 0 Å². The molecule has 2 aliphatic carbocycles. The highest BCUT2D eigenvalue weighted by molar-refractivity contribution is 4.89. The van der Waals surface area contributed by atoms with Crippen LogP contribution >= 0.6 is 0 Å². The van der Waals surface area contributed by atoms with E-state index in [-0.39, 0.29) is 5.41 Å². The van der Waals surface area contributed by atoms with E-state index in [4.69, 9.17) is 0 Å². The molecular formula is C17H33NO. The fourth-order valence-electron chi connectivity index (χ4n) is 4.12. The maximum absolute atomic E-state index is 9.94. The molecule has 0 aliphatic heterocycles. The largest absolute Gasteiger partial charge is 0.396 e. The summed E-state index contributed by atoms with van der Waals surface area (Å²) in [6.45, 7) is 7.34. The molecule has 0 atom stereocenters. The molecule has 0 aromatic rings. The summed E-state index contributed by atoms with van der Waals surface area (Å²) < 4.78 is 0. The average molecular weight is 267 g/mol. The first-order valence-electron chi connectivity index (χ1n) is 8.54. The van der Waals surface area contributed by atoms with Crippen molar-refractivity contribution in [3.05, 3.63) is 0 Å². The fourth-order valence-corrected chi connectivity index (χ4v) is 4.12. The van der Waals surface area contributed by atoms with Gasteiger partial charge in [0.1, 0.15) is 0 Å². The van der Waals surface area contributed by atoms with E-state index in [9.17, 15) is 5.11 Å². The van der Waals surface area contributed by atoms with Crippen LogP contribution in [-0.4, -0.2) is 35.7 Å². The minimum Gasteiger partial charge on any atom is -0.396 e. The lowest BCUT2D eigenvalue weighted by Gasteiger charge is -2.44. The van der Waals surface area contributed by atoms with Crippen molar-refractivity contribution in [2.75, 3.05) is 19.7 Å². The van der Waals surface area contributed by atoms with Gasteiger partial charge in [0.2, 0.25) is 0 Å². The number of rotatable bonds is 5. The van der Waals surface area contributed by atoms with Gasteiger partial charge in [-0.05, 0) is 38.1 Å². The first-order chi connectivity index (χ1) is 9.19. The Morgan fingerprint density at radius 2 is 1.68 bits per heavy atom. The van der Waals surface area contributed by atoms with Crippen molar-refractivity contribution in [2.24, 2.45) is 11.3 Å². The number of hydrogen-bond donors (Lipinski definition) is 1. The first kappa shape index (κ1) is 15.3. The number of aliphatic hydroxyl groups excluding tert-OH is 1. The van der Waals surface area contributed by atoms with E-state index in [1.807, 2.05) is 0 Å². The van der Waals surface area contributed by atoms with Crippen LogP contribution in [-0.2, 0) is 0 Å². The molecule has 0 aromatic carbocycles. The molecule has 112 valence electrons. The summed E-state index contributed by atoms with van der Waals surface area (Å²) in [6.07, 6.45) is 12.1. The fraction of sp³-hybridized carbons (Fsp3) is 1.00. The molecule has 2 fully saturated rings. The monoisotopic (exact) mass is 267 g/mol. The van der Waals surface area contributed by atoms with Crippen LogP contribution in [0.15, 0.2) is 0 Å². The highest BCUT2D eigenvalue weighted by Gasteiger charge is 2.36. The zero-order valence-electron chi connectivity index (χ0n) is 13.0. The number of aliphatic hydroxyl groups is 1. The topological polar surface area (TPSA) is 23.5 Å². The molecule has 19 heavy (non-hydrogen) atoms. The maximum atomic E-state index is 9.94. The highest BCUT2D eigenvalue weighted by Crippen LogP contribution is 2.40. The van der Waals surface area contributed by atoms with Crippen LogP contribution in [0.3, 0.4) is 0 Å². The van der Waals surface area contributed by atoms with Gasteiger partial charge in [0.25, 0.3) is 0 Å². The normalized spacial score (nSPS) is 33.8. The quantitative estimate of drug-likeness (QED) is 0.818. The molecule has 2 nitrogen and oxygen atoms in total. The summed E-state index contributed by atoms with van der Waals surface area (Å²) in [4.78, 5) is 2.69. The van der Waals surface area contributed by atoms with Gasteiger partial charge in [-0.25, -0.2) is 0 Å². The Hall–Kier alpha value is -0.0800. The first-order valence-corrected chi connectivity index (χ1v) is 8.54. The van der Waals surface area contributed by atoms with Crippen LogP contribution in [0.2, 0.25) is 0 Å². The van der Waals surface area contributed by atoms with E-state index >= 15 is 0 Å². The van der Waals surface area contributed by atoms with Crippen LogP contribution in [0.5, 0.6) is 0 Å². The van der Waals surface area contributed by atoms with Crippen LogP contribution in [0.4, 0.5) is 0 Å². The molecule has 0 radical (unpaired) electrons. The van der Waals surface area contributed by atoms with Gasteiger partial charge in [0.15, 0.2) is 0 Å². The minimum atomic E-state index is 0.208. The second kappa shape index (κ2) is 7.08. The van der Waals surface area contributed by atoms with E-state index in [2.05, 4.69) is 18.7 Å². The van der Waals surface area contributed by atoms with E-state index < -0.39 is 0 Å². The van der Waals surface area contributed by atoms with Gasteiger partial charge < -0.3 is 10.0 Å². The van der Waals surface area contributed by atoms with Crippen molar-refractivity contribution >= 4 is 0 Å². The predicted octanol–water partition coefficient (Wildman–Crippen LogP) is 3.83. The van der Waals surface area contributed by atoms with E-state index in [0.29, 0.717) is 6.61 Å². The Morgan fingerprint density at radius 3 is 2.21 bits per heavy atom. The summed E-state index contributed by atoms with van der Waals surface area (Å²) in [7, 11) is 0. The summed E-state index contributed by atoms with van der Waals surface area (Å²) in [5.41, 5.74) is 0.208. The summed E-state index contributed by atoms with van der Waals surface area (Å²) >= 11 is 0. The third-order valence-corrected chi connectivity index (χ3v) is 5.71. The van der Waals surface area contributed by atoms with E-state index in [1.54, 1.807) is 0 Å². The van der Waals surface area contributed by atoms with E-state index in [1.165, 1.54) is 57.8 Å². The summed E-state index contributed by atoms with van der Waals surface area (Å²) in [5, 5.41) is 9.94. The van der Waals surface area contributed by atoms with Crippen molar-refractivity contribution in [1.82, 2.24) is 4.90 Å². The Kier molecular flexibility index (Phi) is 5.70. The molecule has 0 aromatic heterocycles. The van der Waals surface area contributed by atoms with Gasteiger partial charge >= 0.3 is 0 Å². The number of hydrogen-bond acceptors (Lipinski definition) is 2. The van der Waals surface area contributed by atoms with Crippen molar-refractivity contribution < 1.29 is 5.11 Å². The zero-order valence-corrected chi connectivity index (χ0v) is 13.0. The molecule has 0 unspecified atom stereocenters. The standard InChI is InChI=1S/C17H33NO/c1-3-18(16-7-5-4-6-8-16)13-17(14-19)11-9-15(2)10-12-17/h15-16,19H,3-14H2,1-2H3. The van der Waals surface area contributed by atoms with Crippen LogP contribution < -0.4 is 0 Å². The SMILES string of the molecule is CCN(CC1(CO)CCC(C)CC1)C1CCCCC1. The summed E-state index contributed by atoms with van der Waals surface area (Å²) in [5.74, 6) is 0.865. The number of nitrogens with zero attached hydrogens (tertiary/aromatic N) is 1. The minimum absolute atomic E-state index is 0.208. The molecular weight excluding hydrogens is 234 g/mol. The lowest BCUT2D eigenvalue weighted by Crippen LogP contribution is -2.47. The lowest BCUT2D eigenvalue weighted by molar-refractivity contribution is 0.0114. The van der Waals surface area contributed by atoms with Crippen molar-refractivity contribution in [3.63, 3.8) is 0 Å². The lowest BCUT2D eigenvalue weighted by atomic mass is 9.70. The molecule has 0 bridgehead atoms. The Labute approximate surface area is 119 Å². The third-order valence-electron chi connectivity index (χ3n) is 5.71. The van der Waals surface area contributed by atoms with Crippen molar-refractivity contribution in [3.8, 4) is 0 Å². The Morgan fingerprint density at radius 1 is 1.05 bits per heavy atom. The molecule has 2 heteroatoms. The van der Waals surface area contributed by atoms with Gasteiger partial charge in [-0.1, -0.05) is 46.0 Å². The predicted molar refractivity (Wildman–Crippen MR) is 81.3 cm³/mol. The van der Waals surface area contributed by atoms with Gasteiger partial charge in [-0.15, -0.1) is 0 Å². The maximum Gasteiger partial charge on any atom is 0.0499 e. The third kappa shape index (κ3) is 3.95. The molecule has 2 aliphatic rings. The van der Waals surface area contributed by atoms with E-state index in [0.717, 1.165) is 25.0 Å². The molecule has 2 rings (SSSR count). The molecule has 0 amide bonds. The van der Waals surface area contributed by atoms with Gasteiger partial charge in [-0.2, -0.15) is 0 Å². The second-order valence-corrected chi connectivity index (χ2v) is 7.20. The highest BCUT2D eigenvalue weighted by atomic mass is 16.3. The zero-order chi connectivity index (χ0) is 13.7. The average Bonchev–Trinajstić information content (AvgIpc) is 2.48. The Bertz CT molecular complexity index is 252. The molecule has 0 spiro atoms. The summed E-state index contributed by atoms with van der Waals surface area (Å²) in [6, 6.07) is 0.793. The van der Waals surface area contributed by atoms with Gasteiger partial charge in [0.05, 0.1) is 0 Å². The van der Waals surface area contributed by atoms with Crippen molar-refractivity contribution in [2.45, 2.75) is 77.7 Å². The molecule has 0 saturated heterocycles. The Balaban J connectivity index is 1.94. The smallest absolute Gasteiger partial charge is 0.0499 e. The second-order valence-electron chi connectivity index (χ2n) is 7.20. The molecule has 0 heterocycles. The molecule has 1 N–H and O–H groups in total. The van der Waals surface area contributed by atoms with Crippen molar-refractivity contribution in [1.29, 1.82) is 0 Å². The van der Waals surface area contributed by atoms with Crippen LogP contribution in [0.25, 0.3) is 0 Å². The van der Waals surface area contributed by atoms with Crippen LogP contribution in [0, 0.1) is 11.3 Å².